The van der Waals surface area contributed by atoms with E-state index in [9.17, 15) is 28.8 Å². The van der Waals surface area contributed by atoms with E-state index in [0.717, 1.165) is 0 Å². The highest BCUT2D eigenvalue weighted by atomic mass is 16.2. The van der Waals surface area contributed by atoms with E-state index >= 15 is 0 Å². The molecule has 0 aromatic carbocycles. The van der Waals surface area contributed by atoms with Crippen molar-refractivity contribution in [2.75, 3.05) is 13.1 Å². The summed E-state index contributed by atoms with van der Waals surface area (Å²) in [5.74, 6) is -1.71. The van der Waals surface area contributed by atoms with E-state index in [2.05, 4.69) is 16.0 Å². The molecule has 0 aliphatic carbocycles. The number of aldehydes is 1. The summed E-state index contributed by atoms with van der Waals surface area (Å²) >= 11 is 0. The Morgan fingerprint density at radius 3 is 2.42 bits per heavy atom. The van der Waals surface area contributed by atoms with Crippen molar-refractivity contribution in [2.45, 2.75) is 77.8 Å². The molecule has 0 bridgehead atoms. The van der Waals surface area contributed by atoms with Crippen molar-refractivity contribution in [1.82, 2.24) is 20.9 Å². The van der Waals surface area contributed by atoms with Gasteiger partial charge in [0.1, 0.15) is 13.7 Å². The summed E-state index contributed by atoms with van der Waals surface area (Å²) < 4.78 is 7.37. The van der Waals surface area contributed by atoms with E-state index < -0.39 is 30.3 Å². The Balaban J connectivity index is 2.44. The standard InChI is InChI=1S/C22H37N5O6/c1-14(2)19(20(31)25-16(13-28)8-7-10-24-22(23)33)26-17(29)9-5-4-6-11-27-18(30)12-15(3)21(27)32/h13-16,19H,4-12H2,1-3H3,(H,25,31)(H,26,29)(H3,23,24,33)/t15?,16-,19-/m0/s1/i13D. The maximum Gasteiger partial charge on any atom is 0.312 e. The van der Waals surface area contributed by atoms with Gasteiger partial charge in [-0.25, -0.2) is 4.79 Å². The average Bonchev–Trinajstić information content (AvgIpc) is 2.98. The van der Waals surface area contributed by atoms with Crippen LogP contribution < -0.4 is 21.7 Å². The van der Waals surface area contributed by atoms with Crippen LogP contribution in [0.5, 0.6) is 0 Å². The predicted molar refractivity (Wildman–Crippen MR) is 121 cm³/mol. The molecule has 3 atom stereocenters. The van der Waals surface area contributed by atoms with Crippen LogP contribution in [0, 0.1) is 11.8 Å². The molecule has 1 rings (SSSR count). The number of primary amides is 1. The van der Waals surface area contributed by atoms with Gasteiger partial charge in [-0.05, 0) is 31.6 Å². The lowest BCUT2D eigenvalue weighted by Gasteiger charge is -2.23. The van der Waals surface area contributed by atoms with E-state index in [0.29, 0.717) is 32.2 Å². The first kappa shape index (κ1) is 26.3. The first-order valence-electron chi connectivity index (χ1n) is 11.9. The second-order valence-corrected chi connectivity index (χ2v) is 8.70. The Labute approximate surface area is 196 Å². The molecule has 33 heavy (non-hydrogen) atoms. The third-order valence-corrected chi connectivity index (χ3v) is 5.45. The fraction of sp³-hybridized carbons (Fsp3) is 0.727. The topological polar surface area (TPSA) is 168 Å². The Bertz CT molecular complexity index is 775. The minimum Gasteiger partial charge on any atom is -0.352 e. The van der Waals surface area contributed by atoms with Gasteiger partial charge in [0, 0.05) is 31.8 Å². The number of nitrogens with one attached hydrogen (secondary N) is 3. The van der Waals surface area contributed by atoms with Gasteiger partial charge < -0.3 is 26.5 Å². The molecule has 186 valence electrons. The normalized spacial score (nSPS) is 18.0. The molecule has 1 heterocycles. The van der Waals surface area contributed by atoms with Crippen LogP contribution in [0.25, 0.3) is 0 Å². The van der Waals surface area contributed by atoms with Gasteiger partial charge in [-0.2, -0.15) is 0 Å². The molecule has 1 fully saturated rings. The number of hydrogen-bond acceptors (Lipinski definition) is 6. The number of rotatable bonds is 15. The van der Waals surface area contributed by atoms with Crippen molar-refractivity contribution < 1.29 is 30.1 Å². The highest BCUT2D eigenvalue weighted by Gasteiger charge is 2.34. The Morgan fingerprint density at radius 1 is 1.18 bits per heavy atom. The first-order valence-corrected chi connectivity index (χ1v) is 11.4. The second kappa shape index (κ2) is 14.2. The highest BCUT2D eigenvalue weighted by Crippen LogP contribution is 2.19. The van der Waals surface area contributed by atoms with Gasteiger partial charge >= 0.3 is 6.03 Å². The smallest absolute Gasteiger partial charge is 0.312 e. The molecule has 6 amide bonds. The van der Waals surface area contributed by atoms with E-state index in [4.69, 9.17) is 7.10 Å². The number of imide groups is 1. The van der Waals surface area contributed by atoms with E-state index in [-0.39, 0.29) is 55.4 Å². The van der Waals surface area contributed by atoms with Crippen LogP contribution in [0.3, 0.4) is 0 Å². The molecule has 0 saturated carbocycles. The van der Waals surface area contributed by atoms with Crippen LogP contribution in [0.4, 0.5) is 4.79 Å². The van der Waals surface area contributed by atoms with Crippen LogP contribution in [-0.4, -0.2) is 66.0 Å². The molecular weight excluding hydrogens is 430 g/mol. The van der Waals surface area contributed by atoms with Crippen LogP contribution in [-0.2, 0) is 24.0 Å². The number of amides is 6. The largest absolute Gasteiger partial charge is 0.352 e. The van der Waals surface area contributed by atoms with Crippen LogP contribution in [0.2, 0.25) is 0 Å². The number of urea groups is 1. The molecule has 1 saturated heterocycles. The van der Waals surface area contributed by atoms with Gasteiger partial charge in [0.25, 0.3) is 0 Å². The first-order chi connectivity index (χ1) is 15.9. The summed E-state index contributed by atoms with van der Waals surface area (Å²) in [5.41, 5.74) is 4.97. The predicted octanol–water partition coefficient (Wildman–Crippen LogP) is 0.215. The maximum atomic E-state index is 12.7. The van der Waals surface area contributed by atoms with Gasteiger partial charge in [0.05, 0.1) is 6.04 Å². The Kier molecular flexibility index (Phi) is 11.3. The lowest BCUT2D eigenvalue weighted by Crippen LogP contribution is -2.52. The summed E-state index contributed by atoms with van der Waals surface area (Å²) in [6.45, 7) is 5.79. The van der Waals surface area contributed by atoms with Crippen molar-refractivity contribution in [2.24, 2.45) is 17.6 Å². The fourth-order valence-corrected chi connectivity index (χ4v) is 3.54. The van der Waals surface area contributed by atoms with Crippen molar-refractivity contribution in [3.8, 4) is 0 Å². The van der Waals surface area contributed by atoms with Crippen LogP contribution in [0.15, 0.2) is 0 Å². The summed E-state index contributed by atoms with van der Waals surface area (Å²) in [7, 11) is 0. The van der Waals surface area contributed by atoms with Gasteiger partial charge in [-0.1, -0.05) is 27.2 Å². The minimum absolute atomic E-state index is 0.147. The van der Waals surface area contributed by atoms with Crippen molar-refractivity contribution in [1.29, 1.82) is 0 Å². The zero-order valence-electron chi connectivity index (χ0n) is 20.6. The molecule has 0 aromatic heterocycles. The molecule has 5 N–H and O–H groups in total. The molecule has 1 aliphatic rings. The third kappa shape index (κ3) is 10.0. The number of hydrogen-bond donors (Lipinski definition) is 4. The second-order valence-electron chi connectivity index (χ2n) is 8.70. The molecule has 11 heteroatoms. The average molecular weight is 469 g/mol. The van der Waals surface area contributed by atoms with Crippen LogP contribution in [0.1, 0.15) is 67.1 Å². The highest BCUT2D eigenvalue weighted by molar-refractivity contribution is 6.03. The van der Waals surface area contributed by atoms with E-state index in [1.165, 1.54) is 4.90 Å². The summed E-state index contributed by atoms with van der Waals surface area (Å²) in [5, 5.41) is 7.56. The number of carbonyl (C=O) groups is 6. The van der Waals surface area contributed by atoms with E-state index in [1.807, 2.05) is 0 Å². The number of nitrogens with zero attached hydrogens (tertiary/aromatic N) is 1. The molecule has 1 aliphatic heterocycles. The Morgan fingerprint density at radius 2 is 1.88 bits per heavy atom. The zero-order valence-corrected chi connectivity index (χ0v) is 19.6. The zero-order chi connectivity index (χ0) is 25.8. The van der Waals surface area contributed by atoms with E-state index in [1.54, 1.807) is 20.8 Å². The maximum absolute atomic E-state index is 12.7. The van der Waals surface area contributed by atoms with Gasteiger partial charge in [0.15, 0.2) is 0 Å². The number of likely N-dealkylation sites (tertiary alicyclic amines) is 1. The van der Waals surface area contributed by atoms with Gasteiger partial charge in [0.2, 0.25) is 23.6 Å². The molecule has 0 spiro atoms. The molecule has 11 nitrogen and oxygen atoms in total. The van der Waals surface area contributed by atoms with Crippen LogP contribution >= 0.6 is 0 Å². The van der Waals surface area contributed by atoms with Gasteiger partial charge in [-0.3, -0.25) is 24.1 Å². The molecule has 0 aromatic rings. The van der Waals surface area contributed by atoms with Crippen molar-refractivity contribution in [3.63, 3.8) is 0 Å². The van der Waals surface area contributed by atoms with Crippen molar-refractivity contribution in [3.05, 3.63) is 0 Å². The summed E-state index contributed by atoms with van der Waals surface area (Å²) in [4.78, 5) is 72.3. The lowest BCUT2D eigenvalue weighted by molar-refractivity contribution is -0.139. The monoisotopic (exact) mass is 468 g/mol. The SMILES string of the molecule is [2H]C(=O)[C@H](CCCNC(N)=O)NC(=O)[C@@H](NC(=O)CCCCCN1C(=O)CC(C)C1=O)C(C)C. The summed E-state index contributed by atoms with van der Waals surface area (Å²) in [6, 6.07) is -2.63. The molecule has 0 radical (unpaired) electrons. The molecular formula is C22H37N5O6. The quantitative estimate of drug-likeness (QED) is 0.152. The molecule has 1 unspecified atom stereocenters. The lowest BCUT2D eigenvalue weighted by atomic mass is 10.0. The number of unbranched alkanes of at least 4 members (excludes halogenated alkanes) is 2. The minimum atomic E-state index is -1.06. The summed E-state index contributed by atoms with van der Waals surface area (Å²) in [6.07, 6.45) is 1.72. The third-order valence-electron chi connectivity index (χ3n) is 5.45. The number of nitrogens with two attached hydrogens (primary N) is 1. The van der Waals surface area contributed by atoms with Crippen molar-refractivity contribution >= 4 is 35.9 Å². The fourth-order valence-electron chi connectivity index (χ4n) is 3.54. The Hall–Kier alpha value is -2.98. The number of carbonyl (C=O) groups excluding carboxylic acids is 6. The van der Waals surface area contributed by atoms with Gasteiger partial charge in [-0.15, -0.1) is 0 Å².